The van der Waals surface area contributed by atoms with Crippen molar-refractivity contribution >= 4 is 17.0 Å². The zero-order valence-corrected chi connectivity index (χ0v) is 9.14. The first kappa shape index (κ1) is 10.3. The highest BCUT2D eigenvalue weighted by Crippen LogP contribution is 2.28. The summed E-state index contributed by atoms with van der Waals surface area (Å²) in [5.74, 6) is -0.229. The molecule has 2 heterocycles. The molecule has 2 N–H and O–H groups in total. The Kier molecular flexibility index (Phi) is 2.33. The molecular weight excluding hydrogens is 220 g/mol. The number of nitrogens with one attached hydrogen (secondary N) is 1. The van der Waals surface area contributed by atoms with E-state index >= 15 is 0 Å². The molecule has 0 radical (unpaired) electrons. The van der Waals surface area contributed by atoms with Crippen molar-refractivity contribution in [2.24, 2.45) is 0 Å². The van der Waals surface area contributed by atoms with E-state index in [0.717, 1.165) is 30.8 Å². The van der Waals surface area contributed by atoms with Crippen LogP contribution in [0.1, 0.15) is 35.1 Å². The van der Waals surface area contributed by atoms with E-state index in [1.165, 1.54) is 0 Å². The number of hydrogen-bond acceptors (Lipinski definition) is 3. The second-order valence-corrected chi connectivity index (χ2v) is 4.13. The van der Waals surface area contributed by atoms with Crippen LogP contribution in [0.4, 0.5) is 0 Å². The Morgan fingerprint density at radius 1 is 1.53 bits per heavy atom. The van der Waals surface area contributed by atoms with Gasteiger partial charge in [-0.3, -0.25) is 0 Å². The molecule has 0 amide bonds. The van der Waals surface area contributed by atoms with E-state index < -0.39 is 5.97 Å². The van der Waals surface area contributed by atoms with E-state index in [4.69, 9.17) is 9.84 Å². The standard InChI is InChI=1S/C12H12N2O3/c15-12(16)7-3-1-4-8-10(7)14-11(13-8)9-5-2-6-17-9/h1,3-4,9H,2,5-6H2,(H,13,14)(H,15,16). The maximum atomic E-state index is 11.1. The SMILES string of the molecule is O=C(O)c1cccc2[nH]c(C3CCCO3)nc12. The maximum Gasteiger partial charge on any atom is 0.337 e. The van der Waals surface area contributed by atoms with Crippen molar-refractivity contribution in [2.45, 2.75) is 18.9 Å². The van der Waals surface area contributed by atoms with Gasteiger partial charge in [-0.05, 0) is 25.0 Å². The molecule has 5 nitrogen and oxygen atoms in total. The lowest BCUT2D eigenvalue weighted by molar-refractivity contribution is 0.0698. The minimum atomic E-state index is -0.957. The van der Waals surface area contributed by atoms with Crippen LogP contribution in [-0.2, 0) is 4.74 Å². The Morgan fingerprint density at radius 2 is 2.41 bits per heavy atom. The Labute approximate surface area is 97.4 Å². The zero-order chi connectivity index (χ0) is 11.8. The summed E-state index contributed by atoms with van der Waals surface area (Å²) in [6, 6.07) is 5.10. The molecule has 88 valence electrons. The molecule has 1 aliphatic heterocycles. The smallest absolute Gasteiger partial charge is 0.337 e. The number of carboxylic acid groups (broad SMARTS) is 1. The van der Waals surface area contributed by atoms with Crippen molar-refractivity contribution in [3.8, 4) is 0 Å². The number of H-pyrrole nitrogens is 1. The first-order valence-corrected chi connectivity index (χ1v) is 5.59. The summed E-state index contributed by atoms with van der Waals surface area (Å²) in [6.45, 7) is 0.744. The highest BCUT2D eigenvalue weighted by atomic mass is 16.5. The number of benzene rings is 1. The lowest BCUT2D eigenvalue weighted by atomic mass is 10.2. The Morgan fingerprint density at radius 3 is 3.12 bits per heavy atom. The second-order valence-electron chi connectivity index (χ2n) is 4.13. The van der Waals surface area contributed by atoms with Crippen LogP contribution in [0.5, 0.6) is 0 Å². The van der Waals surface area contributed by atoms with E-state index in [-0.39, 0.29) is 11.7 Å². The number of aromatic nitrogens is 2. The van der Waals surface area contributed by atoms with E-state index in [2.05, 4.69) is 9.97 Å². The van der Waals surface area contributed by atoms with Gasteiger partial charge in [-0.15, -0.1) is 0 Å². The molecule has 1 aromatic heterocycles. The molecule has 0 aliphatic carbocycles. The number of fused-ring (bicyclic) bond motifs is 1. The van der Waals surface area contributed by atoms with Gasteiger partial charge in [-0.2, -0.15) is 0 Å². The van der Waals surface area contributed by atoms with E-state index in [1.807, 2.05) is 6.07 Å². The van der Waals surface area contributed by atoms with Gasteiger partial charge in [-0.25, -0.2) is 9.78 Å². The van der Waals surface area contributed by atoms with Crippen LogP contribution in [0.3, 0.4) is 0 Å². The number of carboxylic acids is 1. The number of hydrogen-bond donors (Lipinski definition) is 2. The molecule has 3 rings (SSSR count). The quantitative estimate of drug-likeness (QED) is 0.831. The van der Waals surface area contributed by atoms with Gasteiger partial charge < -0.3 is 14.8 Å². The number of para-hydroxylation sites is 1. The van der Waals surface area contributed by atoms with Crippen molar-refractivity contribution in [1.82, 2.24) is 9.97 Å². The number of ether oxygens (including phenoxy) is 1. The molecule has 5 heteroatoms. The van der Waals surface area contributed by atoms with Gasteiger partial charge in [0.2, 0.25) is 0 Å². The van der Waals surface area contributed by atoms with Gasteiger partial charge in [0, 0.05) is 6.61 Å². The van der Waals surface area contributed by atoms with Crippen LogP contribution in [-0.4, -0.2) is 27.7 Å². The van der Waals surface area contributed by atoms with Gasteiger partial charge >= 0.3 is 5.97 Å². The van der Waals surface area contributed by atoms with Crippen LogP contribution in [0.2, 0.25) is 0 Å². The third kappa shape index (κ3) is 1.68. The fourth-order valence-corrected chi connectivity index (χ4v) is 2.17. The molecule has 1 unspecified atom stereocenters. The number of carbonyl (C=O) groups is 1. The van der Waals surface area contributed by atoms with Crippen molar-refractivity contribution in [1.29, 1.82) is 0 Å². The number of rotatable bonds is 2. The summed E-state index contributed by atoms with van der Waals surface area (Å²) in [5, 5.41) is 9.07. The second kappa shape index (κ2) is 3.85. The summed E-state index contributed by atoms with van der Waals surface area (Å²) in [4.78, 5) is 18.5. The number of aromatic amines is 1. The number of nitrogens with zero attached hydrogens (tertiary/aromatic N) is 1. The molecule has 0 bridgehead atoms. The predicted molar refractivity (Wildman–Crippen MR) is 61.0 cm³/mol. The van der Waals surface area contributed by atoms with Gasteiger partial charge in [0.05, 0.1) is 11.1 Å². The van der Waals surface area contributed by atoms with E-state index in [9.17, 15) is 4.79 Å². The largest absolute Gasteiger partial charge is 0.478 e. The van der Waals surface area contributed by atoms with Gasteiger partial charge in [-0.1, -0.05) is 6.07 Å². The average molecular weight is 232 g/mol. The fourth-order valence-electron chi connectivity index (χ4n) is 2.17. The Balaban J connectivity index is 2.11. The van der Waals surface area contributed by atoms with Gasteiger partial charge in [0.25, 0.3) is 0 Å². The number of aromatic carboxylic acids is 1. The van der Waals surface area contributed by atoms with Crippen LogP contribution in [0.15, 0.2) is 18.2 Å². The van der Waals surface area contributed by atoms with Crippen LogP contribution in [0, 0.1) is 0 Å². The molecule has 1 fully saturated rings. The average Bonchev–Trinajstić information content (AvgIpc) is 2.96. The molecule has 1 atom stereocenters. The highest BCUT2D eigenvalue weighted by molar-refractivity contribution is 6.00. The van der Waals surface area contributed by atoms with Crippen molar-refractivity contribution in [3.05, 3.63) is 29.6 Å². The van der Waals surface area contributed by atoms with E-state index in [1.54, 1.807) is 12.1 Å². The number of imidazole rings is 1. The van der Waals surface area contributed by atoms with Crippen molar-refractivity contribution in [2.75, 3.05) is 6.61 Å². The molecule has 0 saturated carbocycles. The summed E-state index contributed by atoms with van der Waals surface area (Å²) >= 11 is 0. The monoisotopic (exact) mass is 232 g/mol. The van der Waals surface area contributed by atoms with Crippen LogP contribution in [0.25, 0.3) is 11.0 Å². The predicted octanol–water partition coefficient (Wildman–Crippen LogP) is 2.11. The highest BCUT2D eigenvalue weighted by Gasteiger charge is 2.22. The first-order chi connectivity index (χ1) is 8.25. The minimum absolute atomic E-state index is 0.0240. The van der Waals surface area contributed by atoms with Crippen molar-refractivity contribution < 1.29 is 14.6 Å². The van der Waals surface area contributed by atoms with Crippen molar-refractivity contribution in [3.63, 3.8) is 0 Å². The molecule has 2 aromatic rings. The molecule has 1 aliphatic rings. The van der Waals surface area contributed by atoms with Crippen LogP contribution < -0.4 is 0 Å². The third-order valence-corrected chi connectivity index (χ3v) is 3.00. The minimum Gasteiger partial charge on any atom is -0.478 e. The normalized spacial score (nSPS) is 19.9. The Hall–Kier alpha value is -1.88. The lowest BCUT2D eigenvalue weighted by Crippen LogP contribution is -1.99. The Bertz CT molecular complexity index is 570. The fraction of sp³-hybridized carbons (Fsp3) is 0.333. The molecular formula is C12H12N2O3. The summed E-state index contributed by atoms with van der Waals surface area (Å²) < 4.78 is 5.53. The molecule has 17 heavy (non-hydrogen) atoms. The van der Waals surface area contributed by atoms with Crippen LogP contribution >= 0.6 is 0 Å². The topological polar surface area (TPSA) is 75.2 Å². The van der Waals surface area contributed by atoms with Gasteiger partial charge in [0.1, 0.15) is 17.4 Å². The molecule has 0 spiro atoms. The zero-order valence-electron chi connectivity index (χ0n) is 9.14. The van der Waals surface area contributed by atoms with E-state index in [0.29, 0.717) is 5.52 Å². The lowest BCUT2D eigenvalue weighted by Gasteiger charge is -2.03. The summed E-state index contributed by atoms with van der Waals surface area (Å²) in [6.07, 6.45) is 1.93. The molecule has 1 saturated heterocycles. The maximum absolute atomic E-state index is 11.1. The summed E-state index contributed by atoms with van der Waals surface area (Å²) in [7, 11) is 0. The molecule has 1 aromatic carbocycles. The third-order valence-electron chi connectivity index (χ3n) is 3.00. The van der Waals surface area contributed by atoms with Gasteiger partial charge in [0.15, 0.2) is 0 Å². The first-order valence-electron chi connectivity index (χ1n) is 5.59. The summed E-state index contributed by atoms with van der Waals surface area (Å²) in [5.41, 5.74) is 1.48.